The van der Waals surface area contributed by atoms with Gasteiger partial charge >= 0.3 is 0 Å². The predicted octanol–water partition coefficient (Wildman–Crippen LogP) is 3.43. The fraction of sp³-hybridized carbons (Fsp3) is 0.391. The molecule has 0 saturated carbocycles. The van der Waals surface area contributed by atoms with Gasteiger partial charge in [-0.3, -0.25) is 4.79 Å². The van der Waals surface area contributed by atoms with Crippen LogP contribution < -0.4 is 10.2 Å². The van der Waals surface area contributed by atoms with Gasteiger partial charge in [-0.05, 0) is 51.8 Å². The molecule has 8 heteroatoms. The molecule has 0 aliphatic carbocycles. The Balaban J connectivity index is 1.67. The number of nitrogens with one attached hydrogen (secondary N) is 1. The van der Waals surface area contributed by atoms with Crippen molar-refractivity contribution in [3.8, 4) is 0 Å². The van der Waals surface area contributed by atoms with Crippen molar-refractivity contribution in [3.63, 3.8) is 0 Å². The lowest BCUT2D eigenvalue weighted by atomic mass is 9.96. The average molecular weight is 422 g/mol. The fourth-order valence-electron chi connectivity index (χ4n) is 3.79. The third kappa shape index (κ3) is 4.44. The molecule has 1 fully saturated rings. The van der Waals surface area contributed by atoms with E-state index in [1.165, 1.54) is 0 Å². The van der Waals surface area contributed by atoms with Gasteiger partial charge in [-0.2, -0.15) is 4.98 Å². The number of nitrogens with zero attached hydrogens (tertiary/aromatic N) is 3. The number of amides is 1. The van der Waals surface area contributed by atoms with E-state index in [0.29, 0.717) is 41.5 Å². The van der Waals surface area contributed by atoms with Crippen molar-refractivity contribution in [2.75, 3.05) is 23.3 Å². The molecule has 1 saturated heterocycles. The van der Waals surface area contributed by atoms with Crippen LogP contribution in [0.2, 0.25) is 0 Å². The largest absolute Gasteiger partial charge is 0.423 e. The predicted molar refractivity (Wildman–Crippen MR) is 117 cm³/mol. The van der Waals surface area contributed by atoms with Crippen LogP contribution in [-0.2, 0) is 10.4 Å². The van der Waals surface area contributed by atoms with Crippen molar-refractivity contribution in [3.05, 3.63) is 47.3 Å². The molecule has 4 rings (SSSR count). The Kier molecular flexibility index (Phi) is 5.49. The number of anilines is 2. The molecular weight excluding hydrogens is 396 g/mol. The first-order chi connectivity index (χ1) is 14.7. The number of aliphatic hydroxyl groups is 1. The highest BCUT2D eigenvalue weighted by atomic mass is 16.4. The van der Waals surface area contributed by atoms with Gasteiger partial charge in [0.25, 0.3) is 11.9 Å². The van der Waals surface area contributed by atoms with Crippen LogP contribution in [0, 0.1) is 12.8 Å². The van der Waals surface area contributed by atoms with E-state index in [4.69, 9.17) is 4.42 Å². The van der Waals surface area contributed by atoms with Gasteiger partial charge in [0.2, 0.25) is 0 Å². The van der Waals surface area contributed by atoms with Gasteiger partial charge in [0, 0.05) is 36.3 Å². The summed E-state index contributed by atoms with van der Waals surface area (Å²) in [7, 11) is 0. The second-order valence-corrected chi connectivity index (χ2v) is 8.50. The molecule has 0 radical (unpaired) electrons. The van der Waals surface area contributed by atoms with Crippen molar-refractivity contribution >= 4 is 35.0 Å². The Morgan fingerprint density at radius 2 is 2.00 bits per heavy atom. The van der Waals surface area contributed by atoms with Gasteiger partial charge < -0.3 is 24.5 Å². The molecule has 1 amide bonds. The number of fused-ring (bicyclic) bond motifs is 1. The average Bonchev–Trinajstić information content (AvgIpc) is 3.15. The molecule has 0 spiro atoms. The van der Waals surface area contributed by atoms with Gasteiger partial charge in [-0.1, -0.05) is 6.07 Å². The number of carbonyl (C=O) groups is 2. The summed E-state index contributed by atoms with van der Waals surface area (Å²) in [5, 5.41) is 13.6. The molecule has 0 bridgehead atoms. The normalized spacial score (nSPS) is 15.3. The van der Waals surface area contributed by atoms with E-state index in [1.807, 2.05) is 17.9 Å². The van der Waals surface area contributed by atoms with Gasteiger partial charge in [-0.25, -0.2) is 4.98 Å². The van der Waals surface area contributed by atoms with Crippen LogP contribution in [0.3, 0.4) is 0 Å². The minimum Gasteiger partial charge on any atom is -0.423 e. The number of pyridine rings is 1. The minimum absolute atomic E-state index is 0.0828. The Hall–Kier alpha value is -3.26. The molecule has 1 aliphatic heterocycles. The minimum atomic E-state index is -1.21. The second-order valence-electron chi connectivity index (χ2n) is 8.50. The first kappa shape index (κ1) is 21.0. The number of aldehydes is 1. The first-order valence-electron chi connectivity index (χ1n) is 10.4. The molecule has 8 nitrogen and oxygen atoms in total. The van der Waals surface area contributed by atoms with Crippen LogP contribution in [0.25, 0.3) is 11.1 Å². The summed E-state index contributed by atoms with van der Waals surface area (Å²) in [4.78, 5) is 34.6. The van der Waals surface area contributed by atoms with Crippen molar-refractivity contribution in [2.45, 2.75) is 39.2 Å². The summed E-state index contributed by atoms with van der Waals surface area (Å²) in [5.41, 5.74) is 1.89. The van der Waals surface area contributed by atoms with Crippen LogP contribution in [0.15, 0.2) is 34.7 Å². The number of oxazole rings is 1. The van der Waals surface area contributed by atoms with Crippen molar-refractivity contribution in [1.29, 1.82) is 0 Å². The van der Waals surface area contributed by atoms with E-state index in [9.17, 15) is 14.7 Å². The maximum Gasteiger partial charge on any atom is 0.298 e. The van der Waals surface area contributed by atoms with E-state index in [0.717, 1.165) is 24.8 Å². The van der Waals surface area contributed by atoms with E-state index in [-0.39, 0.29) is 17.5 Å². The summed E-state index contributed by atoms with van der Waals surface area (Å²) in [6.45, 7) is 6.51. The van der Waals surface area contributed by atoms with Gasteiger partial charge in [-0.15, -0.1) is 0 Å². The number of carbonyl (C=O) groups excluding carboxylic acids is 2. The third-order valence-electron chi connectivity index (χ3n) is 5.55. The van der Waals surface area contributed by atoms with Crippen LogP contribution in [0.1, 0.15) is 48.4 Å². The molecule has 162 valence electrons. The topological polar surface area (TPSA) is 109 Å². The molecule has 1 aromatic carbocycles. The molecule has 2 aromatic heterocycles. The Morgan fingerprint density at radius 3 is 2.65 bits per heavy atom. The zero-order chi connectivity index (χ0) is 22.2. The van der Waals surface area contributed by atoms with Gasteiger partial charge in [0.1, 0.15) is 17.5 Å². The highest BCUT2D eigenvalue weighted by molar-refractivity contribution is 6.04. The van der Waals surface area contributed by atoms with Crippen LogP contribution in [-0.4, -0.2) is 40.4 Å². The van der Waals surface area contributed by atoms with Crippen LogP contribution in [0.4, 0.5) is 11.7 Å². The standard InChI is InChI=1S/C23H26N4O4/c1-14-5-4-6-17(24-14)21(29)25-18-12-20-19(11-16(18)23(2,3)30)26-22(31-20)27-9-7-15(13-28)8-10-27/h4-6,11-13,15,30H,7-10H2,1-3H3,(H,25,29). The summed E-state index contributed by atoms with van der Waals surface area (Å²) < 4.78 is 5.97. The molecule has 31 heavy (non-hydrogen) atoms. The van der Waals surface area contributed by atoms with Gasteiger partial charge in [0.05, 0.1) is 11.3 Å². The third-order valence-corrected chi connectivity index (χ3v) is 5.55. The smallest absolute Gasteiger partial charge is 0.298 e. The number of aryl methyl sites for hydroxylation is 1. The summed E-state index contributed by atoms with van der Waals surface area (Å²) in [6.07, 6.45) is 2.54. The Bertz CT molecular complexity index is 1120. The number of benzene rings is 1. The molecule has 1 aliphatic rings. The lowest BCUT2D eigenvalue weighted by molar-refractivity contribution is -0.111. The summed E-state index contributed by atoms with van der Waals surface area (Å²) in [6, 6.07) is 9.13. The number of aromatic nitrogens is 2. The molecular formula is C23H26N4O4. The van der Waals surface area contributed by atoms with Crippen molar-refractivity contribution in [2.24, 2.45) is 5.92 Å². The van der Waals surface area contributed by atoms with Crippen LogP contribution in [0.5, 0.6) is 0 Å². The van der Waals surface area contributed by atoms with E-state index in [1.54, 1.807) is 38.1 Å². The monoisotopic (exact) mass is 422 g/mol. The fourth-order valence-corrected chi connectivity index (χ4v) is 3.79. The number of rotatable bonds is 5. The Labute approximate surface area is 180 Å². The van der Waals surface area contributed by atoms with Crippen LogP contribution >= 0.6 is 0 Å². The Morgan fingerprint density at radius 1 is 1.26 bits per heavy atom. The lowest BCUT2D eigenvalue weighted by Crippen LogP contribution is -2.34. The molecule has 0 unspecified atom stereocenters. The molecule has 3 aromatic rings. The number of hydrogen-bond acceptors (Lipinski definition) is 7. The van der Waals surface area contributed by atoms with Gasteiger partial charge in [0.15, 0.2) is 5.58 Å². The molecule has 2 N–H and O–H groups in total. The van der Waals surface area contributed by atoms with E-state index >= 15 is 0 Å². The molecule has 3 heterocycles. The highest BCUT2D eigenvalue weighted by Gasteiger charge is 2.26. The zero-order valence-corrected chi connectivity index (χ0v) is 17.9. The molecule has 0 atom stereocenters. The van der Waals surface area contributed by atoms with E-state index in [2.05, 4.69) is 15.3 Å². The quantitative estimate of drug-likeness (QED) is 0.606. The summed E-state index contributed by atoms with van der Waals surface area (Å²) >= 11 is 0. The maximum atomic E-state index is 12.8. The SMILES string of the molecule is Cc1cccc(C(=O)Nc2cc3oc(N4CCC(C=O)CC4)nc3cc2C(C)(C)O)n1. The number of piperidine rings is 1. The first-order valence-corrected chi connectivity index (χ1v) is 10.4. The second kappa shape index (κ2) is 8.11. The lowest BCUT2D eigenvalue weighted by Gasteiger charge is -2.27. The number of hydrogen-bond donors (Lipinski definition) is 2. The van der Waals surface area contributed by atoms with E-state index < -0.39 is 5.60 Å². The summed E-state index contributed by atoms with van der Waals surface area (Å²) in [5.74, 6) is -0.288. The van der Waals surface area contributed by atoms with Crippen molar-refractivity contribution < 1.29 is 19.1 Å². The zero-order valence-electron chi connectivity index (χ0n) is 17.9. The highest BCUT2D eigenvalue weighted by Crippen LogP contribution is 2.34. The van der Waals surface area contributed by atoms with Crippen molar-refractivity contribution in [1.82, 2.24) is 9.97 Å². The maximum absolute atomic E-state index is 12.8.